The van der Waals surface area contributed by atoms with E-state index in [4.69, 9.17) is 16.3 Å². The molecule has 0 saturated heterocycles. The second-order valence-corrected chi connectivity index (χ2v) is 8.75. The third-order valence-corrected chi connectivity index (χ3v) is 5.02. The number of hydrogen-bond acceptors (Lipinski definition) is 5. The lowest BCUT2D eigenvalue weighted by atomic mass is 9.77. The van der Waals surface area contributed by atoms with Gasteiger partial charge in [-0.05, 0) is 51.1 Å². The van der Waals surface area contributed by atoms with Crippen LogP contribution in [0, 0.1) is 17.2 Å². The van der Waals surface area contributed by atoms with Gasteiger partial charge in [0.25, 0.3) is 0 Å². The Morgan fingerprint density at radius 2 is 1.96 bits per heavy atom. The van der Waals surface area contributed by atoms with E-state index < -0.39 is 17.4 Å². The second kappa shape index (κ2) is 8.28. The largest absolute Gasteiger partial charge is 0.459 e. The number of halogens is 1. The molecule has 1 heterocycles. The molecule has 0 N–H and O–H groups in total. The number of thioether (sulfide) groups is 1. The van der Waals surface area contributed by atoms with Crippen molar-refractivity contribution in [2.24, 2.45) is 10.9 Å². The molecule has 138 valence electrons. The van der Waals surface area contributed by atoms with E-state index in [0.29, 0.717) is 21.3 Å². The lowest BCUT2D eigenvalue weighted by molar-refractivity contribution is -0.157. The van der Waals surface area contributed by atoms with Crippen molar-refractivity contribution in [3.63, 3.8) is 0 Å². The summed E-state index contributed by atoms with van der Waals surface area (Å²) in [5.41, 5.74) is 1.40. The predicted molar refractivity (Wildman–Crippen MR) is 107 cm³/mol. The summed E-state index contributed by atoms with van der Waals surface area (Å²) in [6, 6.07) is 9.53. The minimum atomic E-state index is -0.633. The summed E-state index contributed by atoms with van der Waals surface area (Å²) in [4.78, 5) is 17.5. The van der Waals surface area contributed by atoms with E-state index in [1.54, 1.807) is 12.1 Å². The highest BCUT2D eigenvalue weighted by Crippen LogP contribution is 2.42. The van der Waals surface area contributed by atoms with Crippen LogP contribution in [0.4, 0.5) is 0 Å². The van der Waals surface area contributed by atoms with Crippen LogP contribution in [-0.4, -0.2) is 23.0 Å². The molecule has 0 aromatic heterocycles. The fourth-order valence-corrected chi connectivity index (χ4v) is 3.83. The first kappa shape index (κ1) is 20.5. The van der Waals surface area contributed by atoms with E-state index in [9.17, 15) is 10.1 Å². The topological polar surface area (TPSA) is 62.5 Å². The highest BCUT2D eigenvalue weighted by molar-refractivity contribution is 8.03. The van der Waals surface area contributed by atoms with Crippen molar-refractivity contribution >= 4 is 35.0 Å². The number of benzene rings is 1. The van der Waals surface area contributed by atoms with Crippen LogP contribution in [0.2, 0.25) is 5.02 Å². The Hall–Kier alpha value is -1.77. The van der Waals surface area contributed by atoms with Gasteiger partial charge in [0.05, 0.1) is 11.6 Å². The molecule has 1 unspecified atom stereocenters. The molecule has 0 saturated carbocycles. The van der Waals surface area contributed by atoms with Gasteiger partial charge in [0.1, 0.15) is 16.5 Å². The minimum Gasteiger partial charge on any atom is -0.459 e. The van der Waals surface area contributed by atoms with Crippen molar-refractivity contribution in [3.05, 3.63) is 45.5 Å². The quantitative estimate of drug-likeness (QED) is 0.650. The monoisotopic (exact) mass is 390 g/mol. The third kappa shape index (κ3) is 4.69. The summed E-state index contributed by atoms with van der Waals surface area (Å²) >= 11 is 7.53. The van der Waals surface area contributed by atoms with Gasteiger partial charge in [-0.2, -0.15) is 5.26 Å². The van der Waals surface area contributed by atoms with Crippen molar-refractivity contribution in [3.8, 4) is 6.07 Å². The number of hydrogen-bond donors (Lipinski definition) is 0. The summed E-state index contributed by atoms with van der Waals surface area (Å²) in [6.45, 7) is 9.32. The smallest absolute Gasteiger partial charge is 0.316 e. The first-order chi connectivity index (χ1) is 12.2. The summed E-state index contributed by atoms with van der Waals surface area (Å²) in [6.07, 6.45) is 0. The molecule has 0 bridgehead atoms. The minimum absolute atomic E-state index is 0.369. The molecular formula is C20H23ClN2O2S. The molecule has 0 fully saturated rings. The highest BCUT2D eigenvalue weighted by Gasteiger charge is 2.41. The number of nitriles is 1. The summed E-state index contributed by atoms with van der Waals surface area (Å²) < 4.78 is 5.63. The van der Waals surface area contributed by atoms with E-state index in [1.807, 2.05) is 46.8 Å². The van der Waals surface area contributed by atoms with Crippen LogP contribution >= 0.6 is 23.4 Å². The number of ether oxygens (including phenoxy) is 1. The Kier molecular flexibility index (Phi) is 6.54. The maximum Gasteiger partial charge on any atom is 0.316 e. The van der Waals surface area contributed by atoms with Crippen LogP contribution in [0.5, 0.6) is 0 Å². The number of carbonyl (C=O) groups excluding carboxylic acids is 1. The van der Waals surface area contributed by atoms with Crippen molar-refractivity contribution < 1.29 is 9.53 Å². The van der Waals surface area contributed by atoms with E-state index in [0.717, 1.165) is 11.3 Å². The maximum absolute atomic E-state index is 12.9. The molecule has 2 rings (SSSR count). The molecule has 0 amide bonds. The Bertz CT molecular complexity index is 786. The molecule has 1 aliphatic rings. The van der Waals surface area contributed by atoms with Crippen LogP contribution in [0.25, 0.3) is 0 Å². The lowest BCUT2D eigenvalue weighted by Gasteiger charge is -2.32. The Labute approximate surface area is 164 Å². The molecule has 26 heavy (non-hydrogen) atoms. The number of carbonyl (C=O) groups is 1. The zero-order valence-electron chi connectivity index (χ0n) is 15.7. The Balaban J connectivity index is 2.58. The highest BCUT2D eigenvalue weighted by atomic mass is 35.5. The number of esters is 1. The summed E-state index contributed by atoms with van der Waals surface area (Å²) in [7, 11) is 0. The maximum atomic E-state index is 12.9. The SMILES string of the molecule is CCSC1=C(C#N)[C@H](c2ccc(Cl)cc2)C(C(=O)OC(C)(C)C)C(C)=N1. The Morgan fingerprint density at radius 3 is 2.46 bits per heavy atom. The van der Waals surface area contributed by atoms with Crippen LogP contribution in [0.1, 0.15) is 46.1 Å². The zero-order chi connectivity index (χ0) is 19.5. The van der Waals surface area contributed by atoms with Crippen LogP contribution in [0.15, 0.2) is 39.9 Å². The van der Waals surface area contributed by atoms with Crippen molar-refractivity contribution in [2.75, 3.05) is 5.75 Å². The van der Waals surface area contributed by atoms with Gasteiger partial charge in [0.15, 0.2) is 0 Å². The van der Waals surface area contributed by atoms with E-state index in [1.165, 1.54) is 11.8 Å². The molecule has 1 aromatic rings. The lowest BCUT2D eigenvalue weighted by Crippen LogP contribution is -2.37. The van der Waals surface area contributed by atoms with Gasteiger partial charge >= 0.3 is 5.97 Å². The van der Waals surface area contributed by atoms with E-state index in [2.05, 4.69) is 11.1 Å². The average molecular weight is 391 g/mol. The molecule has 1 aromatic carbocycles. The predicted octanol–water partition coefficient (Wildman–Crippen LogP) is 5.34. The molecular weight excluding hydrogens is 368 g/mol. The van der Waals surface area contributed by atoms with Gasteiger partial charge in [-0.15, -0.1) is 11.8 Å². The third-order valence-electron chi connectivity index (χ3n) is 3.89. The van der Waals surface area contributed by atoms with Crippen LogP contribution < -0.4 is 0 Å². The molecule has 4 nitrogen and oxygen atoms in total. The molecule has 0 radical (unpaired) electrons. The zero-order valence-corrected chi connectivity index (χ0v) is 17.2. The van der Waals surface area contributed by atoms with E-state index >= 15 is 0 Å². The van der Waals surface area contributed by atoms with Gasteiger partial charge in [0, 0.05) is 16.7 Å². The molecule has 1 aliphatic heterocycles. The fourth-order valence-electron chi connectivity index (χ4n) is 2.90. The van der Waals surface area contributed by atoms with Crippen molar-refractivity contribution in [1.82, 2.24) is 0 Å². The standard InChI is InChI=1S/C20H23ClN2O2S/c1-6-26-18-15(11-22)17(13-7-9-14(21)10-8-13)16(12(2)23-18)19(24)25-20(3,4)5/h7-10,16-17H,6H2,1-5H3/t16?,17-/m0/s1. The average Bonchev–Trinajstić information content (AvgIpc) is 2.53. The van der Waals surface area contributed by atoms with Gasteiger partial charge < -0.3 is 4.74 Å². The first-order valence-corrected chi connectivity index (χ1v) is 9.85. The Morgan fingerprint density at radius 1 is 1.35 bits per heavy atom. The number of nitrogens with zero attached hydrogens (tertiary/aromatic N) is 2. The molecule has 6 heteroatoms. The number of aliphatic imine (C=N–C) groups is 1. The molecule has 2 atom stereocenters. The molecule has 0 spiro atoms. The van der Waals surface area contributed by atoms with Crippen molar-refractivity contribution in [2.45, 2.75) is 46.1 Å². The molecule has 0 aliphatic carbocycles. The number of rotatable bonds is 4. The van der Waals surface area contributed by atoms with Crippen LogP contribution in [-0.2, 0) is 9.53 Å². The summed E-state index contributed by atoms with van der Waals surface area (Å²) in [5, 5.41) is 11.1. The number of allylic oxidation sites excluding steroid dienone is 1. The second-order valence-electron chi connectivity index (χ2n) is 7.06. The van der Waals surface area contributed by atoms with Gasteiger partial charge in [-0.3, -0.25) is 4.79 Å². The van der Waals surface area contributed by atoms with Gasteiger partial charge in [0.2, 0.25) is 0 Å². The first-order valence-electron chi connectivity index (χ1n) is 8.48. The van der Waals surface area contributed by atoms with Gasteiger partial charge in [-0.1, -0.05) is 30.7 Å². The van der Waals surface area contributed by atoms with Crippen LogP contribution in [0.3, 0.4) is 0 Å². The summed E-state index contributed by atoms with van der Waals surface area (Å²) in [5.74, 6) is -0.640. The van der Waals surface area contributed by atoms with Crippen molar-refractivity contribution in [1.29, 1.82) is 5.26 Å². The fraction of sp³-hybridized carbons (Fsp3) is 0.450. The van der Waals surface area contributed by atoms with E-state index in [-0.39, 0.29) is 5.97 Å². The van der Waals surface area contributed by atoms with Gasteiger partial charge in [-0.25, -0.2) is 4.99 Å². The normalized spacial score (nSPS) is 20.4.